The first kappa shape index (κ1) is 23.5. The molecule has 0 fully saturated rings. The number of allylic oxidation sites excluding steroid dienone is 2. The van der Waals surface area contributed by atoms with E-state index in [4.69, 9.17) is 23.2 Å². The molecule has 2 N–H and O–H groups in total. The minimum atomic E-state index is -0.916. The Labute approximate surface area is 183 Å². The predicted octanol–water partition coefficient (Wildman–Crippen LogP) is 5.91. The molecule has 0 bridgehead atoms. The van der Waals surface area contributed by atoms with Crippen molar-refractivity contribution in [1.29, 1.82) is 0 Å². The van der Waals surface area contributed by atoms with Gasteiger partial charge in [0.1, 0.15) is 0 Å². The van der Waals surface area contributed by atoms with Gasteiger partial charge < -0.3 is 10.4 Å². The molecule has 0 saturated carbocycles. The summed E-state index contributed by atoms with van der Waals surface area (Å²) in [6.45, 7) is 8.35. The molecule has 0 spiro atoms. The molecule has 4 nitrogen and oxygen atoms in total. The number of halogens is 2. The fourth-order valence-electron chi connectivity index (χ4n) is 4.42. The van der Waals surface area contributed by atoms with Crippen molar-refractivity contribution in [2.45, 2.75) is 40.5 Å². The molecule has 0 aromatic heterocycles. The molecule has 0 heterocycles. The Bertz CT molecular complexity index is 814. The summed E-state index contributed by atoms with van der Waals surface area (Å²) >= 11 is 12.5. The van der Waals surface area contributed by atoms with Crippen LogP contribution in [0.25, 0.3) is 0 Å². The number of carbonyl (C=O) groups excluding carboxylic acids is 1. The molecule has 1 aliphatic carbocycles. The minimum Gasteiger partial charge on any atom is -0.481 e. The summed E-state index contributed by atoms with van der Waals surface area (Å²) in [5.74, 6) is -1.90. The number of hydrogen-bond acceptors (Lipinski definition) is 2. The molecule has 1 amide bonds. The second-order valence-electron chi connectivity index (χ2n) is 8.01. The second kappa shape index (κ2) is 9.82. The lowest BCUT2D eigenvalue weighted by molar-refractivity contribution is -0.144. The first-order valence-electron chi connectivity index (χ1n) is 10.00. The van der Waals surface area contributed by atoms with Gasteiger partial charge in [0.2, 0.25) is 0 Å². The van der Waals surface area contributed by atoms with Crippen molar-refractivity contribution in [2.75, 3.05) is 6.54 Å². The van der Waals surface area contributed by atoms with E-state index >= 15 is 0 Å². The molecule has 0 saturated heterocycles. The van der Waals surface area contributed by atoms with Crippen LogP contribution in [0.4, 0.5) is 0 Å². The minimum absolute atomic E-state index is 0.0536. The lowest BCUT2D eigenvalue weighted by atomic mass is 9.58. The lowest BCUT2D eigenvalue weighted by Crippen LogP contribution is -2.51. The molecule has 29 heavy (non-hydrogen) atoms. The number of amides is 1. The first-order valence-corrected chi connectivity index (χ1v) is 10.8. The standard InChI is InChI=1S/C23H29Cl2NO3/c1-5-6-15(4)20-19(25)12-11-18(22(28)29)23(20,14(2)3)13-26-21(27)16-7-9-17(24)10-8-16/h7-12,14-15,18H,5-6,13H2,1-4H3,(H,26,27)(H,28,29). The highest BCUT2D eigenvalue weighted by molar-refractivity contribution is 6.32. The summed E-state index contributed by atoms with van der Waals surface area (Å²) in [7, 11) is 0. The maximum Gasteiger partial charge on any atom is 0.311 e. The van der Waals surface area contributed by atoms with Crippen molar-refractivity contribution < 1.29 is 14.7 Å². The van der Waals surface area contributed by atoms with Crippen molar-refractivity contribution in [1.82, 2.24) is 5.32 Å². The maximum atomic E-state index is 12.8. The molecule has 1 aromatic carbocycles. The summed E-state index contributed by atoms with van der Waals surface area (Å²) in [5.41, 5.74) is 0.584. The molecule has 1 aromatic rings. The van der Waals surface area contributed by atoms with Crippen molar-refractivity contribution in [2.24, 2.45) is 23.2 Å². The molecule has 158 valence electrons. The van der Waals surface area contributed by atoms with Gasteiger partial charge in [0.25, 0.3) is 5.91 Å². The third-order valence-electron chi connectivity index (χ3n) is 5.91. The van der Waals surface area contributed by atoms with Crippen molar-refractivity contribution >= 4 is 35.1 Å². The van der Waals surface area contributed by atoms with Crippen LogP contribution in [0.2, 0.25) is 5.02 Å². The molecule has 2 rings (SSSR count). The number of carboxylic acids is 1. The van der Waals surface area contributed by atoms with E-state index < -0.39 is 17.3 Å². The SMILES string of the molecule is CCCC(C)C1=C(Cl)C=CC(C(=O)O)C1(CNC(=O)c1ccc(Cl)cc1)C(C)C. The average Bonchev–Trinajstić information content (AvgIpc) is 2.66. The Morgan fingerprint density at radius 1 is 1.17 bits per heavy atom. The topological polar surface area (TPSA) is 66.4 Å². The third-order valence-corrected chi connectivity index (χ3v) is 6.49. The van der Waals surface area contributed by atoms with Gasteiger partial charge in [0.15, 0.2) is 0 Å². The van der Waals surface area contributed by atoms with Crippen LogP contribution in [-0.4, -0.2) is 23.5 Å². The third kappa shape index (κ3) is 4.87. The van der Waals surface area contributed by atoms with Gasteiger partial charge in [-0.25, -0.2) is 0 Å². The molecule has 3 unspecified atom stereocenters. The normalized spacial score (nSPS) is 22.7. The van der Waals surface area contributed by atoms with E-state index in [1.807, 2.05) is 13.8 Å². The zero-order valence-corrected chi connectivity index (χ0v) is 18.8. The number of carbonyl (C=O) groups is 2. The van der Waals surface area contributed by atoms with E-state index in [0.29, 0.717) is 15.6 Å². The maximum absolute atomic E-state index is 12.8. The van der Waals surface area contributed by atoms with Crippen LogP contribution in [0.1, 0.15) is 50.9 Å². The van der Waals surface area contributed by atoms with Crippen LogP contribution in [0.5, 0.6) is 0 Å². The van der Waals surface area contributed by atoms with E-state index in [1.165, 1.54) is 0 Å². The van der Waals surface area contributed by atoms with E-state index in [2.05, 4.69) is 19.2 Å². The van der Waals surface area contributed by atoms with Crippen molar-refractivity contribution in [3.63, 3.8) is 0 Å². The molecule has 0 radical (unpaired) electrons. The second-order valence-corrected chi connectivity index (χ2v) is 8.85. The van der Waals surface area contributed by atoms with Crippen LogP contribution in [0.15, 0.2) is 47.0 Å². The highest BCUT2D eigenvalue weighted by atomic mass is 35.5. The average molecular weight is 438 g/mol. The highest BCUT2D eigenvalue weighted by Crippen LogP contribution is 2.51. The summed E-state index contributed by atoms with van der Waals surface area (Å²) in [4.78, 5) is 25.0. The van der Waals surface area contributed by atoms with Crippen LogP contribution in [0, 0.1) is 23.2 Å². The summed E-state index contributed by atoms with van der Waals surface area (Å²) in [5, 5.41) is 14.1. The first-order chi connectivity index (χ1) is 13.6. The molecule has 6 heteroatoms. The van der Waals surface area contributed by atoms with Crippen molar-refractivity contribution in [3.05, 3.63) is 57.6 Å². The Hall–Kier alpha value is -1.78. The smallest absolute Gasteiger partial charge is 0.311 e. The van der Waals surface area contributed by atoms with Gasteiger partial charge in [-0.1, -0.05) is 63.4 Å². The molecular weight excluding hydrogens is 409 g/mol. The van der Waals surface area contributed by atoms with Crippen LogP contribution < -0.4 is 5.32 Å². The molecular formula is C23H29Cl2NO3. The van der Waals surface area contributed by atoms with Crippen LogP contribution in [-0.2, 0) is 4.79 Å². The van der Waals surface area contributed by atoms with Gasteiger partial charge in [-0.3, -0.25) is 9.59 Å². The van der Waals surface area contributed by atoms with Gasteiger partial charge in [-0.05, 0) is 54.2 Å². The highest BCUT2D eigenvalue weighted by Gasteiger charge is 2.50. The Morgan fingerprint density at radius 3 is 2.31 bits per heavy atom. The van der Waals surface area contributed by atoms with E-state index in [0.717, 1.165) is 18.4 Å². The molecule has 1 aliphatic rings. The number of aliphatic carboxylic acids is 1. The number of carboxylic acid groups (broad SMARTS) is 1. The Morgan fingerprint density at radius 2 is 1.79 bits per heavy atom. The molecule has 0 aliphatic heterocycles. The number of benzene rings is 1. The monoisotopic (exact) mass is 437 g/mol. The Kier molecular flexibility index (Phi) is 7.95. The van der Waals surface area contributed by atoms with Gasteiger partial charge in [0.05, 0.1) is 5.92 Å². The largest absolute Gasteiger partial charge is 0.481 e. The predicted molar refractivity (Wildman–Crippen MR) is 118 cm³/mol. The fourth-order valence-corrected chi connectivity index (χ4v) is 4.98. The van der Waals surface area contributed by atoms with Gasteiger partial charge >= 0.3 is 5.97 Å². The quantitative estimate of drug-likeness (QED) is 0.530. The zero-order valence-electron chi connectivity index (χ0n) is 17.3. The van der Waals surface area contributed by atoms with Crippen molar-refractivity contribution in [3.8, 4) is 0 Å². The van der Waals surface area contributed by atoms with Gasteiger partial charge in [-0.2, -0.15) is 0 Å². The molecule has 3 atom stereocenters. The fraction of sp³-hybridized carbons (Fsp3) is 0.478. The summed E-state index contributed by atoms with van der Waals surface area (Å²) < 4.78 is 0. The van der Waals surface area contributed by atoms with Gasteiger partial charge in [0, 0.05) is 27.6 Å². The summed E-state index contributed by atoms with van der Waals surface area (Å²) in [6, 6.07) is 6.62. The summed E-state index contributed by atoms with van der Waals surface area (Å²) in [6.07, 6.45) is 5.21. The van der Waals surface area contributed by atoms with E-state index in [-0.39, 0.29) is 24.3 Å². The lowest BCUT2D eigenvalue weighted by Gasteiger charge is -2.47. The number of hydrogen-bond donors (Lipinski definition) is 2. The van der Waals surface area contributed by atoms with Gasteiger partial charge in [-0.15, -0.1) is 0 Å². The Balaban J connectivity index is 2.46. The van der Waals surface area contributed by atoms with Crippen LogP contribution >= 0.6 is 23.2 Å². The zero-order chi connectivity index (χ0) is 21.8. The number of nitrogens with one attached hydrogen (secondary N) is 1. The number of rotatable bonds is 8. The van der Waals surface area contributed by atoms with E-state index in [9.17, 15) is 14.7 Å². The van der Waals surface area contributed by atoms with Crippen LogP contribution in [0.3, 0.4) is 0 Å². The van der Waals surface area contributed by atoms with E-state index in [1.54, 1.807) is 36.4 Å².